The van der Waals surface area contributed by atoms with Gasteiger partial charge in [0.25, 0.3) is 0 Å². The van der Waals surface area contributed by atoms with Crippen molar-refractivity contribution in [3.63, 3.8) is 0 Å². The molecule has 1 N–H and O–H groups in total. The van der Waals surface area contributed by atoms with E-state index in [0.717, 1.165) is 65.0 Å². The number of methoxy groups -OCH3 is 1. The third-order valence-corrected chi connectivity index (χ3v) is 11.6. The van der Waals surface area contributed by atoms with Crippen LogP contribution in [0.3, 0.4) is 0 Å². The summed E-state index contributed by atoms with van der Waals surface area (Å²) in [6.45, 7) is 4.30. The second kappa shape index (κ2) is 12.8. The first-order valence-electron chi connectivity index (χ1n) is 16.6. The van der Waals surface area contributed by atoms with Crippen LogP contribution in [0.1, 0.15) is 38.2 Å². The zero-order chi connectivity index (χ0) is 31.5. The lowest BCUT2D eigenvalue weighted by Gasteiger charge is -2.52. The van der Waals surface area contributed by atoms with Crippen molar-refractivity contribution < 1.29 is 54.7 Å². The molecule has 3 fully saturated rings. The van der Waals surface area contributed by atoms with Crippen LogP contribution in [0.15, 0.2) is 82.8 Å². The topological polar surface area (TPSA) is 66.4 Å². The minimum absolute atomic E-state index is 0. The van der Waals surface area contributed by atoms with Crippen molar-refractivity contribution >= 4 is 0 Å². The third-order valence-electron chi connectivity index (χ3n) is 11.6. The van der Waals surface area contributed by atoms with E-state index in [9.17, 15) is 5.11 Å². The van der Waals surface area contributed by atoms with Gasteiger partial charge in [0.1, 0.15) is 48.4 Å². The number of fused-ring (bicyclic) bond motifs is 6. The largest absolute Gasteiger partial charge is 1.00 e. The van der Waals surface area contributed by atoms with Crippen LogP contribution < -0.4 is 21.7 Å². The standard InChI is InChI=1S/C37H49N2O6.BrH/c1-23-32(41-6)9-7-8-29-28-21-33(31(40)19-25(28)14-16-38(29,2)3)45-37-35-26(20-34-36(37)43-22-42-34)15-17-39(4,5)30(35)18-24-10-12-27(44-23)13-11-24;/h7,9-13,19-20,28-30,34-37H,8,14-18,21-22H2,1-6H3;1H/q+1;/b9-7?,32-23-;/t28?,29-,30+,34?,35?,36?,37?;/m1./s1. The van der Waals surface area contributed by atoms with Crippen molar-refractivity contribution in [1.29, 1.82) is 0 Å². The van der Waals surface area contributed by atoms with Gasteiger partial charge >= 0.3 is 0 Å². The van der Waals surface area contributed by atoms with E-state index in [1.54, 1.807) is 7.11 Å². The molecule has 0 saturated carbocycles. The fraction of sp³-hybridized carbons (Fsp3) is 0.568. The van der Waals surface area contributed by atoms with Crippen LogP contribution in [-0.2, 0) is 25.4 Å². The molecule has 5 aliphatic heterocycles. The lowest BCUT2D eigenvalue weighted by molar-refractivity contribution is -0.922. The number of halogens is 1. The number of quaternary nitrogens is 2. The van der Waals surface area contributed by atoms with Gasteiger partial charge in [0.15, 0.2) is 11.5 Å². The van der Waals surface area contributed by atoms with Crippen LogP contribution in [0.25, 0.3) is 0 Å². The molecule has 0 spiro atoms. The number of rotatable bonds is 1. The molecule has 0 radical (unpaired) electrons. The SMILES string of the molecule is CO/C1=C(/C)Oc2ccc(cc2)C[C@H]2C3C(=CC4OCOC4C3OC3=C(O)C=C4CC[N+](C)(C)[C@H](CC=C1)C4C3)CC[N+]2(C)C.[Br-]. The lowest BCUT2D eigenvalue weighted by atomic mass is 9.71. The quantitative estimate of drug-likeness (QED) is 0.360. The van der Waals surface area contributed by atoms with Gasteiger partial charge in [-0.15, -0.1) is 0 Å². The van der Waals surface area contributed by atoms with Crippen molar-refractivity contribution in [2.24, 2.45) is 11.8 Å². The molecule has 1 aromatic rings. The van der Waals surface area contributed by atoms with Gasteiger partial charge in [-0.3, -0.25) is 0 Å². The van der Waals surface area contributed by atoms with E-state index in [1.165, 1.54) is 16.7 Å². The van der Waals surface area contributed by atoms with Gasteiger partial charge in [0.2, 0.25) is 0 Å². The maximum absolute atomic E-state index is 11.5. The minimum Gasteiger partial charge on any atom is -1.00 e. The number of aliphatic hydroxyl groups is 1. The summed E-state index contributed by atoms with van der Waals surface area (Å²) in [7, 11) is 11.0. The number of hydrogen-bond acceptors (Lipinski definition) is 6. The number of likely N-dealkylation sites (tertiary alicyclic amines) is 2. The number of hydrogen-bond donors (Lipinski definition) is 1. The van der Waals surface area contributed by atoms with Crippen LogP contribution >= 0.6 is 0 Å². The maximum atomic E-state index is 11.5. The fourth-order valence-electron chi connectivity index (χ4n) is 8.83. The van der Waals surface area contributed by atoms with Gasteiger partial charge < -0.3 is 54.7 Å². The maximum Gasteiger partial charge on any atom is 0.156 e. The van der Waals surface area contributed by atoms with E-state index in [4.69, 9.17) is 23.7 Å². The van der Waals surface area contributed by atoms with Gasteiger partial charge in [-0.2, -0.15) is 0 Å². The van der Waals surface area contributed by atoms with E-state index in [1.807, 2.05) is 19.1 Å². The molecule has 2 aliphatic carbocycles. The Morgan fingerprint density at radius 1 is 0.891 bits per heavy atom. The summed E-state index contributed by atoms with van der Waals surface area (Å²) >= 11 is 0. The molecule has 0 aromatic heterocycles. The number of aliphatic hydroxyl groups excluding tert-OH is 1. The van der Waals surface area contributed by atoms with Crippen molar-refractivity contribution in [3.8, 4) is 5.75 Å². The second-order valence-electron chi connectivity index (χ2n) is 14.9. The monoisotopic (exact) mass is 697 g/mol. The fourth-order valence-corrected chi connectivity index (χ4v) is 8.83. The molecule has 7 atom stereocenters. The molecular weight excluding hydrogens is 648 g/mol. The molecule has 8 nitrogen and oxygen atoms in total. The third kappa shape index (κ3) is 6.10. The summed E-state index contributed by atoms with van der Waals surface area (Å²) in [6.07, 6.45) is 12.4. The van der Waals surface area contributed by atoms with E-state index >= 15 is 0 Å². The van der Waals surface area contributed by atoms with Gasteiger partial charge in [-0.05, 0) is 36.8 Å². The average Bonchev–Trinajstić information content (AvgIpc) is 3.47. The van der Waals surface area contributed by atoms with Crippen LogP contribution in [0.4, 0.5) is 0 Å². The Balaban J connectivity index is 0.00000372. The number of benzene rings is 1. The zero-order valence-corrected chi connectivity index (χ0v) is 29.7. The Morgan fingerprint density at radius 2 is 1.61 bits per heavy atom. The number of ether oxygens (including phenoxy) is 5. The Morgan fingerprint density at radius 3 is 2.35 bits per heavy atom. The Kier molecular flexibility index (Phi) is 9.28. The zero-order valence-electron chi connectivity index (χ0n) is 28.1. The molecule has 8 rings (SSSR count). The Bertz CT molecular complexity index is 1470. The summed E-state index contributed by atoms with van der Waals surface area (Å²) in [5.41, 5.74) is 3.98. The number of piperidine rings is 2. The highest BCUT2D eigenvalue weighted by Gasteiger charge is 2.55. The number of likely N-dealkylation sites (N-methyl/N-ethyl adjacent to an activating group) is 1. The molecule has 5 heterocycles. The van der Waals surface area contributed by atoms with Crippen molar-refractivity contribution in [3.05, 3.63) is 88.3 Å². The van der Waals surface area contributed by atoms with Gasteiger partial charge in [-0.25, -0.2) is 0 Å². The molecule has 7 aliphatic rings. The lowest BCUT2D eigenvalue weighted by Crippen LogP contribution is -3.00. The first kappa shape index (κ1) is 33.3. The summed E-state index contributed by atoms with van der Waals surface area (Å²) in [5.74, 6) is 3.61. The second-order valence-corrected chi connectivity index (χ2v) is 14.9. The van der Waals surface area contributed by atoms with E-state index in [2.05, 4.69) is 64.6 Å². The number of allylic oxidation sites excluding steroid dienone is 4. The highest BCUT2D eigenvalue weighted by Crippen LogP contribution is 2.47. The molecule has 1 aromatic carbocycles. The number of nitrogens with zero attached hydrogens (tertiary/aromatic N) is 2. The summed E-state index contributed by atoms with van der Waals surface area (Å²) in [5, 5.41) is 11.5. The molecule has 5 unspecified atom stereocenters. The van der Waals surface area contributed by atoms with E-state index < -0.39 is 0 Å². The normalized spacial score (nSPS) is 36.3. The molecule has 3 saturated heterocycles. The Hall–Kier alpha value is -2.56. The molecule has 4 bridgehead atoms. The van der Waals surface area contributed by atoms with E-state index in [-0.39, 0.29) is 65.7 Å². The van der Waals surface area contributed by atoms with Crippen LogP contribution in [-0.4, -0.2) is 99.7 Å². The predicted octanol–water partition coefficient (Wildman–Crippen LogP) is 2.55. The molecule has 0 amide bonds. The molecule has 46 heavy (non-hydrogen) atoms. The predicted molar refractivity (Wildman–Crippen MR) is 172 cm³/mol. The summed E-state index contributed by atoms with van der Waals surface area (Å²) in [6, 6.07) is 9.06. The molecule has 250 valence electrons. The average molecular weight is 699 g/mol. The van der Waals surface area contributed by atoms with Gasteiger partial charge in [-0.1, -0.05) is 35.4 Å². The molecular formula is C37H50BrN2O6+. The van der Waals surface area contributed by atoms with Crippen LogP contribution in [0.2, 0.25) is 0 Å². The van der Waals surface area contributed by atoms with Crippen molar-refractivity contribution in [2.45, 2.75) is 69.4 Å². The van der Waals surface area contributed by atoms with Crippen LogP contribution in [0.5, 0.6) is 5.75 Å². The Labute approximate surface area is 284 Å². The van der Waals surface area contributed by atoms with Gasteiger partial charge in [0.05, 0.1) is 60.3 Å². The highest BCUT2D eigenvalue weighted by molar-refractivity contribution is 5.34. The van der Waals surface area contributed by atoms with Crippen molar-refractivity contribution in [2.75, 3.05) is 55.2 Å². The van der Waals surface area contributed by atoms with Crippen molar-refractivity contribution in [1.82, 2.24) is 0 Å². The first-order valence-corrected chi connectivity index (χ1v) is 16.6. The first-order chi connectivity index (χ1) is 21.5. The van der Waals surface area contributed by atoms with Crippen LogP contribution in [0, 0.1) is 11.8 Å². The van der Waals surface area contributed by atoms with E-state index in [0.29, 0.717) is 18.2 Å². The summed E-state index contributed by atoms with van der Waals surface area (Å²) < 4.78 is 33.3. The van der Waals surface area contributed by atoms with Gasteiger partial charge in [0, 0.05) is 38.0 Å². The summed E-state index contributed by atoms with van der Waals surface area (Å²) in [4.78, 5) is 0. The highest BCUT2D eigenvalue weighted by atomic mass is 79.9. The minimum atomic E-state index is -0.252. The molecule has 9 heteroatoms. The smallest absolute Gasteiger partial charge is 0.156 e.